The summed E-state index contributed by atoms with van der Waals surface area (Å²) in [6.07, 6.45) is 1.02. The molecule has 2 unspecified atom stereocenters. The number of rotatable bonds is 12. The fraction of sp³-hybridized carbons (Fsp3) is 0.355. The van der Waals surface area contributed by atoms with Crippen molar-refractivity contribution in [2.45, 2.75) is 71.0 Å². The lowest BCUT2D eigenvalue weighted by Gasteiger charge is -2.34. The largest absolute Gasteiger partial charge is 0.352 e. The molecule has 0 aliphatic rings. The first kappa shape index (κ1) is 30.8. The number of amides is 2. The van der Waals surface area contributed by atoms with E-state index in [2.05, 4.69) is 5.32 Å². The molecule has 0 aliphatic carbocycles. The zero-order valence-corrected chi connectivity index (χ0v) is 24.5. The van der Waals surface area contributed by atoms with Gasteiger partial charge in [0.15, 0.2) is 0 Å². The second kappa shape index (κ2) is 13.6. The van der Waals surface area contributed by atoms with E-state index in [4.69, 9.17) is 0 Å². The summed E-state index contributed by atoms with van der Waals surface area (Å²) in [5.74, 6) is -1.29. The SMILES string of the molecule is CCC(C)NC(=O)C(CC)N(Cc1ccc(F)cc1)C(=O)CN(c1cc(C)ccc1C)S(=O)(=O)c1ccccc1. The second-order valence-electron chi connectivity index (χ2n) is 10.0. The van der Waals surface area contributed by atoms with Crippen molar-refractivity contribution in [3.8, 4) is 0 Å². The highest BCUT2D eigenvalue weighted by molar-refractivity contribution is 7.92. The van der Waals surface area contributed by atoms with Gasteiger partial charge in [-0.3, -0.25) is 13.9 Å². The minimum atomic E-state index is -4.14. The topological polar surface area (TPSA) is 86.8 Å². The van der Waals surface area contributed by atoms with Gasteiger partial charge in [0.05, 0.1) is 10.6 Å². The Morgan fingerprint density at radius 1 is 0.925 bits per heavy atom. The van der Waals surface area contributed by atoms with Crippen LogP contribution in [0.3, 0.4) is 0 Å². The van der Waals surface area contributed by atoms with Crippen molar-refractivity contribution in [1.29, 1.82) is 0 Å². The minimum absolute atomic E-state index is 0.0115. The van der Waals surface area contributed by atoms with E-state index in [0.29, 0.717) is 29.7 Å². The number of carbonyl (C=O) groups is 2. The molecule has 2 atom stereocenters. The highest BCUT2D eigenvalue weighted by Gasteiger charge is 2.34. The number of hydrogen-bond donors (Lipinski definition) is 1. The maximum atomic E-state index is 14.1. The molecule has 2 amide bonds. The summed E-state index contributed by atoms with van der Waals surface area (Å²) in [7, 11) is -4.14. The van der Waals surface area contributed by atoms with Gasteiger partial charge in [0.25, 0.3) is 10.0 Å². The molecule has 9 heteroatoms. The Morgan fingerprint density at radius 2 is 1.57 bits per heavy atom. The third kappa shape index (κ3) is 7.47. The van der Waals surface area contributed by atoms with Gasteiger partial charge in [0.2, 0.25) is 11.8 Å². The smallest absolute Gasteiger partial charge is 0.264 e. The Bertz CT molecular complexity index is 1410. The molecule has 0 radical (unpaired) electrons. The van der Waals surface area contributed by atoms with E-state index in [-0.39, 0.29) is 23.4 Å². The van der Waals surface area contributed by atoms with Gasteiger partial charge in [-0.1, -0.05) is 56.3 Å². The number of nitrogens with one attached hydrogen (secondary N) is 1. The van der Waals surface area contributed by atoms with E-state index >= 15 is 0 Å². The van der Waals surface area contributed by atoms with Crippen LogP contribution in [0.2, 0.25) is 0 Å². The van der Waals surface area contributed by atoms with Crippen LogP contribution in [0.5, 0.6) is 0 Å². The van der Waals surface area contributed by atoms with Crippen LogP contribution in [-0.4, -0.2) is 43.8 Å². The minimum Gasteiger partial charge on any atom is -0.352 e. The maximum Gasteiger partial charge on any atom is 0.264 e. The third-order valence-electron chi connectivity index (χ3n) is 6.90. The number of carbonyl (C=O) groups excluding carboxylic acids is 2. The molecule has 0 aromatic heterocycles. The molecule has 3 rings (SSSR count). The zero-order valence-electron chi connectivity index (χ0n) is 23.7. The predicted molar refractivity (Wildman–Crippen MR) is 156 cm³/mol. The molecule has 214 valence electrons. The van der Waals surface area contributed by atoms with Crippen molar-refractivity contribution in [3.63, 3.8) is 0 Å². The highest BCUT2D eigenvalue weighted by atomic mass is 32.2. The predicted octanol–water partition coefficient (Wildman–Crippen LogP) is 5.36. The number of aryl methyl sites for hydroxylation is 2. The van der Waals surface area contributed by atoms with Gasteiger partial charge in [-0.05, 0) is 80.6 Å². The van der Waals surface area contributed by atoms with Gasteiger partial charge < -0.3 is 10.2 Å². The van der Waals surface area contributed by atoms with Crippen molar-refractivity contribution in [2.75, 3.05) is 10.8 Å². The van der Waals surface area contributed by atoms with Crippen LogP contribution in [-0.2, 0) is 26.2 Å². The number of benzene rings is 3. The van der Waals surface area contributed by atoms with Crippen molar-refractivity contribution in [1.82, 2.24) is 10.2 Å². The molecule has 0 saturated carbocycles. The fourth-order valence-corrected chi connectivity index (χ4v) is 5.86. The first-order chi connectivity index (χ1) is 19.0. The molecule has 40 heavy (non-hydrogen) atoms. The number of anilines is 1. The van der Waals surface area contributed by atoms with Crippen LogP contribution < -0.4 is 9.62 Å². The summed E-state index contributed by atoms with van der Waals surface area (Å²) in [4.78, 5) is 28.9. The van der Waals surface area contributed by atoms with Crippen LogP contribution in [0.1, 0.15) is 50.3 Å². The lowest BCUT2D eigenvalue weighted by Crippen LogP contribution is -2.53. The molecule has 7 nitrogen and oxygen atoms in total. The van der Waals surface area contributed by atoms with E-state index in [1.54, 1.807) is 50.2 Å². The molecule has 0 aliphatic heterocycles. The molecule has 0 heterocycles. The van der Waals surface area contributed by atoms with Crippen LogP contribution >= 0.6 is 0 Å². The Labute approximate surface area is 237 Å². The summed E-state index contributed by atoms with van der Waals surface area (Å²) in [5.41, 5.74) is 2.53. The Hall–Kier alpha value is -3.72. The Morgan fingerprint density at radius 3 is 2.17 bits per heavy atom. The van der Waals surface area contributed by atoms with Gasteiger partial charge in [0.1, 0.15) is 18.4 Å². The average Bonchev–Trinajstić information content (AvgIpc) is 2.94. The fourth-order valence-electron chi connectivity index (χ4n) is 4.37. The lowest BCUT2D eigenvalue weighted by atomic mass is 10.1. The summed E-state index contributed by atoms with van der Waals surface area (Å²) in [6, 6.07) is 18.1. The number of halogens is 1. The molecule has 0 fully saturated rings. The molecule has 0 saturated heterocycles. The first-order valence-corrected chi connectivity index (χ1v) is 14.9. The van der Waals surface area contributed by atoms with E-state index in [1.165, 1.54) is 29.2 Å². The van der Waals surface area contributed by atoms with E-state index in [9.17, 15) is 22.4 Å². The molecular formula is C31H38FN3O4S. The molecule has 0 spiro atoms. The molecule has 3 aromatic carbocycles. The van der Waals surface area contributed by atoms with Crippen LogP contribution in [0.15, 0.2) is 77.7 Å². The Balaban J connectivity index is 2.08. The number of nitrogens with zero attached hydrogens (tertiary/aromatic N) is 2. The number of sulfonamides is 1. The standard InChI is InChI=1S/C31H38FN3O4S/c1-6-24(5)33-31(37)28(7-2)34(20-25-15-17-26(32)18-16-25)30(36)21-35(29-19-22(3)13-14-23(29)4)40(38,39)27-11-9-8-10-12-27/h8-19,24,28H,6-7,20-21H2,1-5H3,(H,33,37). The first-order valence-electron chi connectivity index (χ1n) is 13.5. The Kier molecular flexibility index (Phi) is 10.5. The molecule has 0 bridgehead atoms. The average molecular weight is 568 g/mol. The van der Waals surface area contributed by atoms with Crippen molar-refractivity contribution < 1.29 is 22.4 Å². The lowest BCUT2D eigenvalue weighted by molar-refractivity contribution is -0.140. The van der Waals surface area contributed by atoms with Crippen LogP contribution in [0.25, 0.3) is 0 Å². The zero-order chi connectivity index (χ0) is 29.4. The quantitative estimate of drug-likeness (QED) is 0.319. The van der Waals surface area contributed by atoms with E-state index in [0.717, 1.165) is 9.87 Å². The third-order valence-corrected chi connectivity index (χ3v) is 8.67. The van der Waals surface area contributed by atoms with E-state index in [1.807, 2.05) is 32.9 Å². The summed E-state index contributed by atoms with van der Waals surface area (Å²) < 4.78 is 42.6. The van der Waals surface area contributed by atoms with Gasteiger partial charge >= 0.3 is 0 Å². The van der Waals surface area contributed by atoms with Gasteiger partial charge in [0, 0.05) is 12.6 Å². The monoisotopic (exact) mass is 567 g/mol. The normalized spacial score (nSPS) is 12.8. The highest BCUT2D eigenvalue weighted by Crippen LogP contribution is 2.28. The molecule has 1 N–H and O–H groups in total. The molecule has 3 aromatic rings. The van der Waals surface area contributed by atoms with Gasteiger partial charge in [-0.15, -0.1) is 0 Å². The summed E-state index contributed by atoms with van der Waals surface area (Å²) in [6.45, 7) is 8.76. The van der Waals surface area contributed by atoms with Crippen molar-refractivity contribution in [2.24, 2.45) is 0 Å². The van der Waals surface area contributed by atoms with Crippen LogP contribution in [0.4, 0.5) is 10.1 Å². The van der Waals surface area contributed by atoms with Gasteiger partial charge in [-0.2, -0.15) is 0 Å². The van der Waals surface area contributed by atoms with Crippen LogP contribution in [0, 0.1) is 19.7 Å². The van der Waals surface area contributed by atoms with Crippen molar-refractivity contribution >= 4 is 27.5 Å². The number of hydrogen-bond acceptors (Lipinski definition) is 4. The van der Waals surface area contributed by atoms with E-state index < -0.39 is 34.3 Å². The summed E-state index contributed by atoms with van der Waals surface area (Å²) in [5, 5.41) is 2.94. The molecular weight excluding hydrogens is 529 g/mol. The van der Waals surface area contributed by atoms with Crippen molar-refractivity contribution in [3.05, 3.63) is 95.3 Å². The summed E-state index contributed by atoms with van der Waals surface area (Å²) >= 11 is 0. The van der Waals surface area contributed by atoms with Gasteiger partial charge in [-0.25, -0.2) is 12.8 Å². The second-order valence-corrected chi connectivity index (χ2v) is 11.9. The maximum absolute atomic E-state index is 14.1.